The highest BCUT2D eigenvalue weighted by molar-refractivity contribution is 7.93. The van der Waals surface area contributed by atoms with Crippen LogP contribution in [0.4, 0.5) is 0 Å². The second-order valence-electron chi connectivity index (χ2n) is 6.44. The summed E-state index contributed by atoms with van der Waals surface area (Å²) < 4.78 is 24.8. The van der Waals surface area contributed by atoms with Crippen molar-refractivity contribution in [3.8, 4) is 6.07 Å². The molecule has 1 fully saturated rings. The SMILES string of the molecule is CCC1(CC)CC(C#N)(S(=O)(=O)c2ccc(C)cc2C)C1. The summed E-state index contributed by atoms with van der Waals surface area (Å²) in [6, 6.07) is 7.45. The fourth-order valence-corrected chi connectivity index (χ4v) is 5.81. The number of sulfone groups is 1. The number of nitrogens with zero attached hydrogens (tertiary/aromatic N) is 1. The van der Waals surface area contributed by atoms with E-state index in [4.69, 9.17) is 0 Å². The van der Waals surface area contributed by atoms with Crippen molar-refractivity contribution < 1.29 is 8.42 Å². The molecule has 0 amide bonds. The second kappa shape index (κ2) is 5.14. The van der Waals surface area contributed by atoms with E-state index in [-0.39, 0.29) is 5.41 Å². The van der Waals surface area contributed by atoms with Crippen molar-refractivity contribution in [3.05, 3.63) is 29.3 Å². The Labute approximate surface area is 127 Å². The van der Waals surface area contributed by atoms with Crippen LogP contribution in [0.15, 0.2) is 23.1 Å². The predicted octanol–water partition coefficient (Wildman–Crippen LogP) is 3.94. The van der Waals surface area contributed by atoms with Gasteiger partial charge in [0.05, 0.1) is 11.0 Å². The topological polar surface area (TPSA) is 57.9 Å². The van der Waals surface area contributed by atoms with Gasteiger partial charge in [0.15, 0.2) is 14.6 Å². The standard InChI is InChI=1S/C17H23NO2S/c1-5-16(6-2)10-17(11-16,12-18)21(19,20)15-8-7-13(3)9-14(15)4/h7-9H,5-6,10-11H2,1-4H3. The molecule has 114 valence electrons. The van der Waals surface area contributed by atoms with Crippen molar-refractivity contribution in [1.29, 1.82) is 5.26 Å². The van der Waals surface area contributed by atoms with E-state index in [9.17, 15) is 13.7 Å². The molecular formula is C17H23NO2S. The molecule has 0 spiro atoms. The Morgan fingerprint density at radius 1 is 1.19 bits per heavy atom. The average molecular weight is 305 g/mol. The summed E-state index contributed by atoms with van der Waals surface area (Å²) in [6.45, 7) is 7.89. The van der Waals surface area contributed by atoms with Gasteiger partial charge in [-0.2, -0.15) is 5.26 Å². The van der Waals surface area contributed by atoms with Gasteiger partial charge in [-0.25, -0.2) is 8.42 Å². The van der Waals surface area contributed by atoms with E-state index in [1.807, 2.05) is 13.0 Å². The Bertz CT molecular complexity index is 686. The van der Waals surface area contributed by atoms with Gasteiger partial charge in [0.2, 0.25) is 0 Å². The van der Waals surface area contributed by atoms with E-state index < -0.39 is 14.6 Å². The van der Waals surface area contributed by atoms with E-state index in [1.54, 1.807) is 19.1 Å². The Hall–Kier alpha value is -1.34. The van der Waals surface area contributed by atoms with Crippen LogP contribution in [-0.4, -0.2) is 13.2 Å². The average Bonchev–Trinajstić information content (AvgIpc) is 2.38. The second-order valence-corrected chi connectivity index (χ2v) is 8.67. The van der Waals surface area contributed by atoms with Gasteiger partial charge in [-0.15, -0.1) is 0 Å². The van der Waals surface area contributed by atoms with Crippen molar-refractivity contribution in [2.45, 2.75) is 63.0 Å². The molecular weight excluding hydrogens is 282 g/mol. The Morgan fingerprint density at radius 3 is 2.19 bits per heavy atom. The van der Waals surface area contributed by atoms with Gasteiger partial charge < -0.3 is 0 Å². The first-order valence-corrected chi connectivity index (χ1v) is 8.97. The fourth-order valence-electron chi connectivity index (χ4n) is 3.55. The molecule has 0 saturated heterocycles. The largest absolute Gasteiger partial charge is 0.222 e. The van der Waals surface area contributed by atoms with Crippen molar-refractivity contribution >= 4 is 9.84 Å². The molecule has 1 aliphatic carbocycles. The molecule has 1 aromatic rings. The molecule has 0 bridgehead atoms. The molecule has 0 aliphatic heterocycles. The molecule has 0 N–H and O–H groups in total. The maximum absolute atomic E-state index is 13.0. The van der Waals surface area contributed by atoms with Crippen LogP contribution >= 0.6 is 0 Å². The van der Waals surface area contributed by atoms with Crippen molar-refractivity contribution in [2.75, 3.05) is 0 Å². The Morgan fingerprint density at radius 2 is 1.76 bits per heavy atom. The first-order chi connectivity index (χ1) is 9.76. The highest BCUT2D eigenvalue weighted by Gasteiger charge is 2.61. The lowest BCUT2D eigenvalue weighted by Gasteiger charge is -2.51. The summed E-state index contributed by atoms with van der Waals surface area (Å²) in [7, 11) is -3.61. The minimum absolute atomic E-state index is 0.0153. The molecule has 1 aliphatic rings. The Balaban J connectivity index is 2.47. The van der Waals surface area contributed by atoms with Gasteiger partial charge in [-0.1, -0.05) is 44.4 Å². The van der Waals surface area contributed by atoms with E-state index in [2.05, 4.69) is 19.9 Å². The van der Waals surface area contributed by atoms with Gasteiger partial charge in [0, 0.05) is 0 Å². The first-order valence-electron chi connectivity index (χ1n) is 7.49. The van der Waals surface area contributed by atoms with Crippen LogP contribution in [0, 0.1) is 30.6 Å². The minimum Gasteiger partial charge on any atom is -0.222 e. The van der Waals surface area contributed by atoms with Crippen LogP contribution in [0.25, 0.3) is 0 Å². The summed E-state index contributed by atoms with van der Waals surface area (Å²) >= 11 is 0. The molecule has 21 heavy (non-hydrogen) atoms. The molecule has 0 heterocycles. The quantitative estimate of drug-likeness (QED) is 0.846. The normalized spacial score (nSPS) is 19.6. The van der Waals surface area contributed by atoms with Gasteiger partial charge in [0.25, 0.3) is 0 Å². The van der Waals surface area contributed by atoms with Crippen molar-refractivity contribution in [2.24, 2.45) is 5.41 Å². The lowest BCUT2D eigenvalue weighted by molar-refractivity contribution is 0.0926. The summed E-state index contributed by atoms with van der Waals surface area (Å²) in [4.78, 5) is 0.315. The summed E-state index contributed by atoms with van der Waals surface area (Å²) in [5.74, 6) is 0. The summed E-state index contributed by atoms with van der Waals surface area (Å²) in [5, 5.41) is 9.57. The van der Waals surface area contributed by atoms with Crippen LogP contribution in [0.5, 0.6) is 0 Å². The molecule has 0 radical (unpaired) electrons. The maximum Gasteiger partial charge on any atom is 0.197 e. The molecule has 0 atom stereocenters. The molecule has 2 rings (SSSR count). The molecule has 1 saturated carbocycles. The number of aryl methyl sites for hydroxylation is 2. The minimum atomic E-state index is -3.61. The van der Waals surface area contributed by atoms with E-state index in [1.165, 1.54) is 0 Å². The smallest absolute Gasteiger partial charge is 0.197 e. The monoisotopic (exact) mass is 305 g/mol. The molecule has 4 heteroatoms. The molecule has 3 nitrogen and oxygen atoms in total. The predicted molar refractivity (Wildman–Crippen MR) is 83.7 cm³/mol. The third-order valence-corrected chi connectivity index (χ3v) is 7.61. The maximum atomic E-state index is 13.0. The van der Waals surface area contributed by atoms with Gasteiger partial charge in [-0.05, 0) is 43.7 Å². The first kappa shape index (κ1) is 16.0. The number of nitriles is 1. The third kappa shape index (κ3) is 2.28. The number of hydrogen-bond acceptors (Lipinski definition) is 3. The fraction of sp³-hybridized carbons (Fsp3) is 0.588. The molecule has 0 unspecified atom stereocenters. The summed E-state index contributed by atoms with van der Waals surface area (Å²) in [6.07, 6.45) is 2.77. The molecule has 1 aromatic carbocycles. The number of benzene rings is 1. The lowest BCUT2D eigenvalue weighted by Crippen LogP contribution is -2.55. The van der Waals surface area contributed by atoms with Gasteiger partial charge >= 0.3 is 0 Å². The van der Waals surface area contributed by atoms with Gasteiger partial charge in [-0.3, -0.25) is 0 Å². The van der Waals surface area contributed by atoms with Crippen molar-refractivity contribution in [3.63, 3.8) is 0 Å². The van der Waals surface area contributed by atoms with Gasteiger partial charge in [0.1, 0.15) is 0 Å². The zero-order valence-corrected chi connectivity index (χ0v) is 14.0. The van der Waals surface area contributed by atoms with Crippen LogP contribution in [0.1, 0.15) is 50.7 Å². The van der Waals surface area contributed by atoms with Crippen LogP contribution in [0.2, 0.25) is 0 Å². The zero-order valence-electron chi connectivity index (χ0n) is 13.2. The van der Waals surface area contributed by atoms with E-state index >= 15 is 0 Å². The van der Waals surface area contributed by atoms with Crippen LogP contribution < -0.4 is 0 Å². The van der Waals surface area contributed by atoms with Crippen LogP contribution in [-0.2, 0) is 9.84 Å². The van der Waals surface area contributed by atoms with Crippen molar-refractivity contribution in [1.82, 2.24) is 0 Å². The lowest BCUT2D eigenvalue weighted by atomic mass is 9.59. The summed E-state index contributed by atoms with van der Waals surface area (Å²) in [5.41, 5.74) is 1.78. The number of hydrogen-bond donors (Lipinski definition) is 0. The number of rotatable bonds is 4. The van der Waals surface area contributed by atoms with Crippen LogP contribution in [0.3, 0.4) is 0 Å². The third-order valence-electron chi connectivity index (χ3n) is 5.16. The zero-order chi connectivity index (χ0) is 15.9. The highest BCUT2D eigenvalue weighted by Crippen LogP contribution is 2.57. The van der Waals surface area contributed by atoms with E-state index in [0.29, 0.717) is 17.7 Å². The highest BCUT2D eigenvalue weighted by atomic mass is 32.2. The molecule has 0 aromatic heterocycles. The van der Waals surface area contributed by atoms with E-state index in [0.717, 1.165) is 24.0 Å². The Kier molecular flexibility index (Phi) is 3.92.